The minimum absolute atomic E-state index is 0.636. The molecule has 2 aromatic heterocycles. The Hall–Kier alpha value is -2.50. The van der Waals surface area contributed by atoms with Gasteiger partial charge in [0.1, 0.15) is 0 Å². The molecule has 0 saturated heterocycles. The van der Waals surface area contributed by atoms with Crippen molar-refractivity contribution in [1.29, 1.82) is 0 Å². The van der Waals surface area contributed by atoms with Crippen molar-refractivity contribution in [3.8, 4) is 16.9 Å². The van der Waals surface area contributed by atoms with Crippen molar-refractivity contribution in [2.45, 2.75) is 6.54 Å². The average molecular weight is 224 g/mol. The van der Waals surface area contributed by atoms with Crippen LogP contribution in [0.5, 0.6) is 0 Å². The predicted octanol–water partition coefficient (Wildman–Crippen LogP) is 0.887. The van der Waals surface area contributed by atoms with Crippen molar-refractivity contribution < 1.29 is 0 Å². The maximum absolute atomic E-state index is 4.13. The van der Waals surface area contributed by atoms with E-state index in [4.69, 9.17) is 0 Å². The Balaban J connectivity index is 2.14. The molecule has 1 aliphatic heterocycles. The first-order chi connectivity index (χ1) is 8.43. The SMILES string of the molecule is c1ccc2c(c1)-c1cnnn1Cc1cnnn1-2. The lowest BCUT2D eigenvalue weighted by Gasteiger charge is -2.05. The van der Waals surface area contributed by atoms with E-state index in [-0.39, 0.29) is 0 Å². The summed E-state index contributed by atoms with van der Waals surface area (Å²) in [7, 11) is 0. The Bertz CT molecular complexity index is 636. The summed E-state index contributed by atoms with van der Waals surface area (Å²) in [5.74, 6) is 0. The monoisotopic (exact) mass is 224 g/mol. The van der Waals surface area contributed by atoms with E-state index in [9.17, 15) is 0 Å². The molecule has 3 heterocycles. The van der Waals surface area contributed by atoms with Crippen LogP contribution < -0.4 is 0 Å². The van der Waals surface area contributed by atoms with Gasteiger partial charge in [-0.1, -0.05) is 28.6 Å². The van der Waals surface area contributed by atoms with Crippen molar-refractivity contribution in [2.75, 3.05) is 0 Å². The molecule has 0 saturated carbocycles. The van der Waals surface area contributed by atoms with Gasteiger partial charge in [0, 0.05) is 5.56 Å². The highest BCUT2D eigenvalue weighted by atomic mass is 15.5. The molecule has 6 nitrogen and oxygen atoms in total. The first kappa shape index (κ1) is 8.63. The summed E-state index contributed by atoms with van der Waals surface area (Å²) in [5, 5.41) is 16.1. The maximum Gasteiger partial charge on any atom is 0.0911 e. The molecule has 0 radical (unpaired) electrons. The van der Waals surface area contributed by atoms with Gasteiger partial charge in [-0.15, -0.1) is 10.2 Å². The third-order valence-corrected chi connectivity index (χ3v) is 2.96. The van der Waals surface area contributed by atoms with E-state index >= 15 is 0 Å². The summed E-state index contributed by atoms with van der Waals surface area (Å²) < 4.78 is 3.71. The Kier molecular flexibility index (Phi) is 1.52. The van der Waals surface area contributed by atoms with Crippen molar-refractivity contribution in [3.05, 3.63) is 42.4 Å². The third-order valence-electron chi connectivity index (χ3n) is 2.96. The zero-order valence-electron chi connectivity index (χ0n) is 8.85. The summed E-state index contributed by atoms with van der Waals surface area (Å²) in [6, 6.07) is 8.05. The van der Waals surface area contributed by atoms with Crippen LogP contribution in [0.1, 0.15) is 5.69 Å². The number of rotatable bonds is 0. The van der Waals surface area contributed by atoms with Crippen LogP contribution in [0.25, 0.3) is 16.9 Å². The number of fused-ring (bicyclic) bond motifs is 5. The van der Waals surface area contributed by atoms with Gasteiger partial charge in [-0.2, -0.15) is 0 Å². The lowest BCUT2D eigenvalue weighted by molar-refractivity contribution is 0.633. The summed E-state index contributed by atoms with van der Waals surface area (Å²) in [5.41, 5.74) is 4.09. The highest BCUT2D eigenvalue weighted by Gasteiger charge is 2.20. The predicted molar refractivity (Wildman–Crippen MR) is 59.5 cm³/mol. The lowest BCUT2D eigenvalue weighted by Crippen LogP contribution is -2.05. The van der Waals surface area contributed by atoms with E-state index in [0.717, 1.165) is 22.6 Å². The van der Waals surface area contributed by atoms with Crippen LogP contribution >= 0.6 is 0 Å². The van der Waals surface area contributed by atoms with Crippen molar-refractivity contribution in [2.24, 2.45) is 0 Å². The first-order valence-corrected chi connectivity index (χ1v) is 5.31. The molecule has 4 rings (SSSR count). The second-order valence-corrected chi connectivity index (χ2v) is 3.93. The molecule has 0 aliphatic carbocycles. The van der Waals surface area contributed by atoms with Crippen LogP contribution in [0.15, 0.2) is 36.7 Å². The Morgan fingerprint density at radius 1 is 1.00 bits per heavy atom. The van der Waals surface area contributed by atoms with Crippen molar-refractivity contribution >= 4 is 0 Å². The van der Waals surface area contributed by atoms with Gasteiger partial charge in [0.15, 0.2) is 0 Å². The Labute approximate surface area is 96.5 Å². The van der Waals surface area contributed by atoms with Gasteiger partial charge in [-0.05, 0) is 6.07 Å². The number of nitrogens with zero attached hydrogens (tertiary/aromatic N) is 6. The first-order valence-electron chi connectivity index (χ1n) is 5.31. The fraction of sp³-hybridized carbons (Fsp3) is 0.0909. The fourth-order valence-corrected chi connectivity index (χ4v) is 2.18. The molecule has 0 bridgehead atoms. The van der Waals surface area contributed by atoms with Crippen LogP contribution in [0.3, 0.4) is 0 Å². The van der Waals surface area contributed by atoms with Crippen LogP contribution in [0, 0.1) is 0 Å². The standard InChI is InChI=1S/C11H8N6/c1-2-4-10-9(3-1)11-6-13-14-16(11)7-8-5-12-15-17(8)10/h1-6H,7H2. The van der Waals surface area contributed by atoms with E-state index in [2.05, 4.69) is 20.6 Å². The summed E-state index contributed by atoms with van der Waals surface area (Å²) in [4.78, 5) is 0. The van der Waals surface area contributed by atoms with Gasteiger partial charge in [0.2, 0.25) is 0 Å². The van der Waals surface area contributed by atoms with Gasteiger partial charge in [-0.3, -0.25) is 0 Å². The van der Waals surface area contributed by atoms with Gasteiger partial charge >= 0.3 is 0 Å². The van der Waals surface area contributed by atoms with E-state index in [0.29, 0.717) is 6.54 Å². The van der Waals surface area contributed by atoms with Crippen LogP contribution in [-0.4, -0.2) is 30.0 Å². The minimum atomic E-state index is 0.636. The molecule has 17 heavy (non-hydrogen) atoms. The topological polar surface area (TPSA) is 61.4 Å². The molecular formula is C11H8N6. The molecule has 0 unspecified atom stereocenters. The van der Waals surface area contributed by atoms with Crippen LogP contribution in [0.2, 0.25) is 0 Å². The van der Waals surface area contributed by atoms with Gasteiger partial charge in [0.25, 0.3) is 0 Å². The normalized spacial score (nSPS) is 12.5. The highest BCUT2D eigenvalue weighted by molar-refractivity contribution is 5.70. The molecular weight excluding hydrogens is 216 g/mol. The van der Waals surface area contributed by atoms with Crippen LogP contribution in [0.4, 0.5) is 0 Å². The number of aromatic nitrogens is 6. The third kappa shape index (κ3) is 1.09. The number of para-hydroxylation sites is 1. The molecule has 1 aliphatic rings. The summed E-state index contributed by atoms with van der Waals surface area (Å²) in [6.45, 7) is 0.636. The zero-order valence-corrected chi connectivity index (χ0v) is 8.85. The Morgan fingerprint density at radius 3 is 2.88 bits per heavy atom. The molecule has 0 fully saturated rings. The smallest absolute Gasteiger partial charge is 0.0911 e. The second-order valence-electron chi connectivity index (χ2n) is 3.93. The minimum Gasteiger partial charge on any atom is -0.239 e. The zero-order chi connectivity index (χ0) is 11.2. The van der Waals surface area contributed by atoms with E-state index in [1.807, 2.05) is 33.6 Å². The molecule has 82 valence electrons. The molecule has 0 spiro atoms. The lowest BCUT2D eigenvalue weighted by atomic mass is 10.1. The van der Waals surface area contributed by atoms with E-state index in [1.54, 1.807) is 12.4 Å². The van der Waals surface area contributed by atoms with Crippen LogP contribution in [-0.2, 0) is 6.54 Å². The fourth-order valence-electron chi connectivity index (χ4n) is 2.18. The summed E-state index contributed by atoms with van der Waals surface area (Å²) in [6.07, 6.45) is 3.53. The molecule has 1 aromatic carbocycles. The molecule has 0 atom stereocenters. The molecule has 6 heteroatoms. The largest absolute Gasteiger partial charge is 0.239 e. The Morgan fingerprint density at radius 2 is 1.88 bits per heavy atom. The van der Waals surface area contributed by atoms with E-state index < -0.39 is 0 Å². The number of benzene rings is 1. The van der Waals surface area contributed by atoms with E-state index in [1.165, 1.54) is 0 Å². The highest BCUT2D eigenvalue weighted by Crippen LogP contribution is 2.29. The number of hydrogen-bond acceptors (Lipinski definition) is 4. The molecule has 3 aromatic rings. The van der Waals surface area contributed by atoms with Gasteiger partial charge in [0.05, 0.1) is 36.0 Å². The summed E-state index contributed by atoms with van der Waals surface area (Å²) >= 11 is 0. The quantitative estimate of drug-likeness (QED) is 0.445. The van der Waals surface area contributed by atoms with Crippen molar-refractivity contribution in [3.63, 3.8) is 0 Å². The van der Waals surface area contributed by atoms with Crippen molar-refractivity contribution in [1.82, 2.24) is 30.0 Å². The van der Waals surface area contributed by atoms with Gasteiger partial charge < -0.3 is 0 Å². The number of hydrogen-bond donors (Lipinski definition) is 0. The molecule has 0 N–H and O–H groups in total. The molecule has 0 amide bonds. The van der Waals surface area contributed by atoms with Gasteiger partial charge in [-0.25, -0.2) is 9.36 Å². The second kappa shape index (κ2) is 3.00. The average Bonchev–Trinajstić information content (AvgIpc) is 2.97. The maximum atomic E-state index is 4.13.